The monoisotopic (exact) mass is 425 g/mol. The van der Waals surface area contributed by atoms with Crippen LogP contribution in [0, 0.1) is 0 Å². The second-order valence-corrected chi connectivity index (χ2v) is 7.27. The van der Waals surface area contributed by atoms with Crippen molar-refractivity contribution >= 4 is 34.9 Å². The predicted octanol–water partition coefficient (Wildman–Crippen LogP) is 4.74. The van der Waals surface area contributed by atoms with E-state index in [9.17, 15) is 4.79 Å². The van der Waals surface area contributed by atoms with E-state index in [0.717, 1.165) is 11.1 Å². The van der Waals surface area contributed by atoms with Crippen LogP contribution in [0.15, 0.2) is 73.2 Å². The van der Waals surface area contributed by atoms with Crippen molar-refractivity contribution in [3.05, 3.63) is 99.9 Å². The Kier molecular flexibility index (Phi) is 5.64. The highest BCUT2D eigenvalue weighted by Gasteiger charge is 2.11. The van der Waals surface area contributed by atoms with E-state index in [2.05, 4.69) is 15.5 Å². The lowest BCUT2D eigenvalue weighted by Gasteiger charge is -2.07. The van der Waals surface area contributed by atoms with E-state index in [1.165, 1.54) is 0 Å². The first-order valence-electron chi connectivity index (χ1n) is 8.92. The molecular formula is C21H17Cl2N5O. The number of nitrogens with one attached hydrogen (secondary N) is 1. The van der Waals surface area contributed by atoms with Crippen LogP contribution in [0.25, 0.3) is 0 Å². The maximum Gasteiger partial charge on any atom is 0.256 e. The van der Waals surface area contributed by atoms with Gasteiger partial charge in [0.25, 0.3) is 5.91 Å². The minimum atomic E-state index is -0.228. The SMILES string of the molecule is O=C(Nc1ccn(Cc2c(Cl)cccc2Cl)n1)c1cccc(Cn2cccn2)c1. The van der Waals surface area contributed by atoms with E-state index in [-0.39, 0.29) is 5.91 Å². The molecule has 1 N–H and O–H groups in total. The van der Waals surface area contributed by atoms with Crippen molar-refractivity contribution in [2.75, 3.05) is 5.32 Å². The number of aromatic nitrogens is 4. The third-order valence-corrected chi connectivity index (χ3v) is 5.07. The summed E-state index contributed by atoms with van der Waals surface area (Å²) < 4.78 is 3.48. The normalized spacial score (nSPS) is 10.8. The summed E-state index contributed by atoms with van der Waals surface area (Å²) in [4.78, 5) is 12.6. The summed E-state index contributed by atoms with van der Waals surface area (Å²) in [6.45, 7) is 1.01. The zero-order chi connectivity index (χ0) is 20.2. The quantitative estimate of drug-likeness (QED) is 0.485. The summed E-state index contributed by atoms with van der Waals surface area (Å²) in [5.41, 5.74) is 2.32. The fraction of sp³-hybridized carbons (Fsp3) is 0.0952. The third-order valence-electron chi connectivity index (χ3n) is 4.36. The molecule has 2 aromatic heterocycles. The molecule has 0 aliphatic carbocycles. The zero-order valence-corrected chi connectivity index (χ0v) is 16.8. The fourth-order valence-corrected chi connectivity index (χ4v) is 3.46. The van der Waals surface area contributed by atoms with Gasteiger partial charge in [0.05, 0.1) is 13.1 Å². The van der Waals surface area contributed by atoms with Crippen molar-refractivity contribution in [3.8, 4) is 0 Å². The molecule has 0 atom stereocenters. The van der Waals surface area contributed by atoms with Crippen LogP contribution in [-0.4, -0.2) is 25.5 Å². The molecule has 2 aromatic carbocycles. The fourth-order valence-electron chi connectivity index (χ4n) is 2.94. The van der Waals surface area contributed by atoms with Gasteiger partial charge in [0.1, 0.15) is 0 Å². The van der Waals surface area contributed by atoms with Crippen molar-refractivity contribution in [1.82, 2.24) is 19.6 Å². The Labute approximate surface area is 177 Å². The van der Waals surface area contributed by atoms with Crippen molar-refractivity contribution in [2.24, 2.45) is 0 Å². The van der Waals surface area contributed by atoms with Crippen LogP contribution in [-0.2, 0) is 13.1 Å². The molecule has 0 radical (unpaired) electrons. The highest BCUT2D eigenvalue weighted by Crippen LogP contribution is 2.25. The number of carbonyl (C=O) groups excluding carboxylic acids is 1. The van der Waals surface area contributed by atoms with Gasteiger partial charge in [-0.05, 0) is 35.9 Å². The zero-order valence-electron chi connectivity index (χ0n) is 15.3. The number of anilines is 1. The van der Waals surface area contributed by atoms with Gasteiger partial charge in [-0.3, -0.25) is 14.2 Å². The summed E-state index contributed by atoms with van der Waals surface area (Å²) in [7, 11) is 0. The Bertz CT molecular complexity index is 1120. The summed E-state index contributed by atoms with van der Waals surface area (Å²) in [5.74, 6) is 0.226. The minimum Gasteiger partial charge on any atom is -0.305 e. The van der Waals surface area contributed by atoms with Gasteiger partial charge in [0, 0.05) is 45.8 Å². The molecule has 0 fully saturated rings. The molecule has 0 unspecified atom stereocenters. The van der Waals surface area contributed by atoms with Crippen LogP contribution in [0.4, 0.5) is 5.82 Å². The summed E-state index contributed by atoms with van der Waals surface area (Å²) in [6, 6.07) is 16.4. The topological polar surface area (TPSA) is 64.7 Å². The van der Waals surface area contributed by atoms with Gasteiger partial charge >= 0.3 is 0 Å². The smallest absolute Gasteiger partial charge is 0.256 e. The van der Waals surface area contributed by atoms with E-state index in [0.29, 0.717) is 34.5 Å². The van der Waals surface area contributed by atoms with Crippen LogP contribution in [0.3, 0.4) is 0 Å². The molecule has 0 aliphatic heterocycles. The Morgan fingerprint density at radius 1 is 0.931 bits per heavy atom. The molecule has 146 valence electrons. The van der Waals surface area contributed by atoms with Gasteiger partial charge in [0.15, 0.2) is 5.82 Å². The highest BCUT2D eigenvalue weighted by molar-refractivity contribution is 6.35. The van der Waals surface area contributed by atoms with Gasteiger partial charge in [0.2, 0.25) is 0 Å². The van der Waals surface area contributed by atoms with Gasteiger partial charge in [-0.1, -0.05) is 41.4 Å². The second kappa shape index (κ2) is 8.51. The summed E-state index contributed by atoms with van der Waals surface area (Å²) in [6.07, 6.45) is 5.37. The number of hydrogen-bond acceptors (Lipinski definition) is 3. The lowest BCUT2D eigenvalue weighted by molar-refractivity contribution is 0.102. The number of rotatable bonds is 6. The van der Waals surface area contributed by atoms with Crippen molar-refractivity contribution in [3.63, 3.8) is 0 Å². The average molecular weight is 426 g/mol. The van der Waals surface area contributed by atoms with E-state index >= 15 is 0 Å². The Balaban J connectivity index is 1.44. The molecule has 1 amide bonds. The van der Waals surface area contributed by atoms with Crippen molar-refractivity contribution in [2.45, 2.75) is 13.1 Å². The second-order valence-electron chi connectivity index (χ2n) is 6.46. The number of benzene rings is 2. The molecule has 2 heterocycles. The lowest BCUT2D eigenvalue weighted by atomic mass is 10.1. The first kappa shape index (κ1) is 19.2. The van der Waals surface area contributed by atoms with E-state index in [4.69, 9.17) is 23.2 Å². The predicted molar refractivity (Wildman–Crippen MR) is 114 cm³/mol. The number of hydrogen-bond donors (Lipinski definition) is 1. The summed E-state index contributed by atoms with van der Waals surface area (Å²) >= 11 is 12.4. The van der Waals surface area contributed by atoms with Gasteiger partial charge < -0.3 is 5.32 Å². The van der Waals surface area contributed by atoms with Crippen LogP contribution in [0.2, 0.25) is 10.0 Å². The van der Waals surface area contributed by atoms with Crippen LogP contribution in [0.1, 0.15) is 21.5 Å². The minimum absolute atomic E-state index is 0.228. The third kappa shape index (κ3) is 4.67. The lowest BCUT2D eigenvalue weighted by Crippen LogP contribution is -2.13. The van der Waals surface area contributed by atoms with Crippen molar-refractivity contribution < 1.29 is 4.79 Å². The molecular weight excluding hydrogens is 409 g/mol. The molecule has 4 rings (SSSR count). The van der Waals surface area contributed by atoms with Crippen LogP contribution in [0.5, 0.6) is 0 Å². The number of carbonyl (C=O) groups is 1. The van der Waals surface area contributed by atoms with Gasteiger partial charge in [-0.15, -0.1) is 0 Å². The molecule has 8 heteroatoms. The molecule has 0 saturated carbocycles. The van der Waals surface area contributed by atoms with Gasteiger partial charge in [-0.25, -0.2) is 0 Å². The molecule has 0 saturated heterocycles. The standard InChI is InChI=1S/C21H17Cl2N5O/c22-18-6-2-7-19(23)17(18)14-28-11-8-20(26-28)25-21(29)16-5-1-4-15(12-16)13-27-10-3-9-24-27/h1-12H,13-14H2,(H,25,26,29). The first-order chi connectivity index (χ1) is 14.1. The van der Waals surface area contributed by atoms with Gasteiger partial charge in [-0.2, -0.15) is 10.2 Å². The summed E-state index contributed by atoms with van der Waals surface area (Å²) in [5, 5.41) is 12.6. The molecule has 0 aliphatic rings. The van der Waals surface area contributed by atoms with Crippen molar-refractivity contribution in [1.29, 1.82) is 0 Å². The molecule has 4 aromatic rings. The Hall–Kier alpha value is -3.09. The van der Waals surface area contributed by atoms with E-state index in [1.54, 1.807) is 52.1 Å². The Morgan fingerprint density at radius 2 is 1.72 bits per heavy atom. The van der Waals surface area contributed by atoms with Crippen LogP contribution < -0.4 is 5.32 Å². The van der Waals surface area contributed by atoms with E-state index in [1.807, 2.05) is 30.5 Å². The molecule has 29 heavy (non-hydrogen) atoms. The number of halogens is 2. The highest BCUT2D eigenvalue weighted by atomic mass is 35.5. The number of nitrogens with zero attached hydrogens (tertiary/aromatic N) is 4. The average Bonchev–Trinajstić information content (AvgIpc) is 3.37. The first-order valence-corrected chi connectivity index (χ1v) is 9.68. The largest absolute Gasteiger partial charge is 0.305 e. The molecule has 0 spiro atoms. The maximum absolute atomic E-state index is 12.6. The van der Waals surface area contributed by atoms with Crippen LogP contribution >= 0.6 is 23.2 Å². The molecule has 0 bridgehead atoms. The van der Waals surface area contributed by atoms with E-state index < -0.39 is 0 Å². The Morgan fingerprint density at radius 3 is 2.48 bits per heavy atom. The molecule has 6 nitrogen and oxygen atoms in total. The number of amides is 1. The maximum atomic E-state index is 12.6.